The van der Waals surface area contributed by atoms with Crippen molar-refractivity contribution in [3.63, 3.8) is 0 Å². The number of carboxylic acid groups (broad SMARTS) is 1. The summed E-state index contributed by atoms with van der Waals surface area (Å²) in [7, 11) is 7.93. The first-order valence-electron chi connectivity index (χ1n) is 30.9. The number of nitrogens with one attached hydrogen (secondary N) is 2. The number of hydrogen-bond donors (Lipinski definition) is 3. The Kier molecular flexibility index (Phi) is 26.4. The van der Waals surface area contributed by atoms with Gasteiger partial charge in [-0.15, -0.1) is 0 Å². The quantitative estimate of drug-likeness (QED) is 0.0422. The van der Waals surface area contributed by atoms with Gasteiger partial charge in [0.1, 0.15) is 23.7 Å². The van der Waals surface area contributed by atoms with E-state index in [0.29, 0.717) is 49.1 Å². The summed E-state index contributed by atoms with van der Waals surface area (Å²) in [6.07, 6.45) is 6.37. The number of aliphatic carboxylic acids is 1. The van der Waals surface area contributed by atoms with E-state index in [1.54, 1.807) is 69.6 Å². The molecule has 88 heavy (non-hydrogen) atoms. The molecule has 4 aromatic carbocycles. The zero-order valence-electron chi connectivity index (χ0n) is 55.2. The molecule has 476 valence electrons. The van der Waals surface area contributed by atoms with Gasteiger partial charge in [-0.25, -0.2) is 8.78 Å². The Labute approximate surface area is 520 Å². The summed E-state index contributed by atoms with van der Waals surface area (Å²) in [4.78, 5) is 83.7. The molecule has 14 nitrogen and oxygen atoms in total. The van der Waals surface area contributed by atoms with Crippen molar-refractivity contribution in [1.82, 2.24) is 29.6 Å². The van der Waals surface area contributed by atoms with Crippen LogP contribution in [-0.2, 0) is 36.8 Å². The lowest BCUT2D eigenvalue weighted by Crippen LogP contribution is -2.40. The fourth-order valence-electron chi connectivity index (χ4n) is 11.3. The first-order chi connectivity index (χ1) is 41.4. The predicted octanol–water partition coefficient (Wildman–Crippen LogP) is 13.1. The predicted molar refractivity (Wildman–Crippen MR) is 349 cm³/mol. The summed E-state index contributed by atoms with van der Waals surface area (Å²) >= 11 is 0. The Bertz CT molecular complexity index is 3510. The Morgan fingerprint density at radius 2 is 0.898 bits per heavy atom. The van der Waals surface area contributed by atoms with Crippen molar-refractivity contribution in [1.29, 1.82) is 0 Å². The first kappa shape index (κ1) is 71.2. The van der Waals surface area contributed by atoms with Gasteiger partial charge in [0.05, 0.1) is 31.5 Å². The molecule has 0 aliphatic heterocycles. The lowest BCUT2D eigenvalue weighted by atomic mass is 9.90. The molecule has 6 rings (SSSR count). The number of benzene rings is 4. The van der Waals surface area contributed by atoms with Crippen LogP contribution in [-0.4, -0.2) is 95.7 Å². The van der Waals surface area contributed by atoms with E-state index in [9.17, 15) is 33.9 Å². The summed E-state index contributed by atoms with van der Waals surface area (Å²) in [5, 5.41) is 15.6. The SMILES string of the molecule is CCOC(=O)C[C@H](NC(=O)C(CCC(C)C)n1cc(CCN(C)C)c(C)cc1=O)c1cc(-c2c(C)cccc2C)cc(C)c1F.Cc1cc(=O)n(C(CCC(C)C)C(=O)N[C@@H](CC(=O)O)c2cc(-c3c(C)cccc3C)cc(C)c2F)cc1CCN(C)C. The Morgan fingerprint density at radius 1 is 0.534 bits per heavy atom. The number of carbonyl (C=O) groups excluding carboxylic acids is 3. The highest BCUT2D eigenvalue weighted by atomic mass is 19.1. The minimum absolute atomic E-state index is 0.110. The van der Waals surface area contributed by atoms with E-state index in [1.165, 1.54) is 9.13 Å². The van der Waals surface area contributed by atoms with Crippen LogP contribution in [0.25, 0.3) is 22.3 Å². The number of nitrogens with zero attached hydrogens (tertiary/aromatic N) is 4. The number of carboxylic acids is 1. The molecule has 0 spiro atoms. The van der Waals surface area contributed by atoms with E-state index in [2.05, 4.69) is 34.3 Å². The molecule has 2 heterocycles. The van der Waals surface area contributed by atoms with E-state index >= 15 is 8.78 Å². The molecule has 3 N–H and O–H groups in total. The van der Waals surface area contributed by atoms with Gasteiger partial charge in [-0.1, -0.05) is 64.1 Å². The number of rotatable bonds is 27. The summed E-state index contributed by atoms with van der Waals surface area (Å²) in [5.74, 6) is -3.15. The van der Waals surface area contributed by atoms with Crippen molar-refractivity contribution < 1.29 is 37.8 Å². The molecule has 2 amide bonds. The lowest BCUT2D eigenvalue weighted by Gasteiger charge is -2.26. The van der Waals surface area contributed by atoms with Crippen LogP contribution in [0.4, 0.5) is 8.78 Å². The third-order valence-electron chi connectivity index (χ3n) is 16.3. The second-order valence-electron chi connectivity index (χ2n) is 25.2. The van der Waals surface area contributed by atoms with Gasteiger partial charge >= 0.3 is 11.9 Å². The van der Waals surface area contributed by atoms with Gasteiger partial charge in [0.2, 0.25) is 11.8 Å². The van der Waals surface area contributed by atoms with Crippen molar-refractivity contribution in [2.75, 3.05) is 47.9 Å². The van der Waals surface area contributed by atoms with Crippen LogP contribution in [0, 0.1) is 78.9 Å². The second kappa shape index (κ2) is 32.6. The number of ether oxygens (including phenoxy) is 1. The molecule has 0 fully saturated rings. The van der Waals surface area contributed by atoms with Gasteiger partial charge in [0, 0.05) is 48.7 Å². The lowest BCUT2D eigenvalue weighted by molar-refractivity contribution is -0.144. The number of aromatic nitrogens is 2. The van der Waals surface area contributed by atoms with Crippen LogP contribution in [0.5, 0.6) is 0 Å². The summed E-state index contributed by atoms with van der Waals surface area (Å²) in [6.45, 7) is 26.7. The Balaban J connectivity index is 0.000000321. The van der Waals surface area contributed by atoms with E-state index in [-0.39, 0.29) is 41.2 Å². The highest BCUT2D eigenvalue weighted by Gasteiger charge is 2.32. The molecular weight excluding hydrogens is 1110 g/mol. The van der Waals surface area contributed by atoms with Crippen molar-refractivity contribution in [2.24, 2.45) is 11.8 Å². The van der Waals surface area contributed by atoms with E-state index in [1.807, 2.05) is 120 Å². The van der Waals surface area contributed by atoms with E-state index < -0.39 is 66.0 Å². The molecule has 0 saturated carbocycles. The van der Waals surface area contributed by atoms with Crippen LogP contribution >= 0.6 is 0 Å². The number of aryl methyl sites for hydroxylation is 8. The molecule has 0 bridgehead atoms. The minimum atomic E-state index is -1.17. The second-order valence-corrected chi connectivity index (χ2v) is 25.2. The number of pyridine rings is 2. The molecular formula is C72H96F2N6O8. The van der Waals surface area contributed by atoms with Crippen LogP contribution in [0.1, 0.15) is 164 Å². The molecule has 0 radical (unpaired) electrons. The molecule has 0 aliphatic carbocycles. The van der Waals surface area contributed by atoms with Crippen molar-refractivity contribution in [3.8, 4) is 22.3 Å². The molecule has 2 aromatic heterocycles. The number of hydrogen-bond acceptors (Lipinski definition) is 9. The number of halogens is 2. The topological polar surface area (TPSA) is 172 Å². The van der Waals surface area contributed by atoms with Crippen LogP contribution in [0.3, 0.4) is 0 Å². The Hall–Kier alpha value is -7.56. The summed E-state index contributed by atoms with van der Waals surface area (Å²) in [5.41, 5.74) is 11.8. The molecule has 6 aromatic rings. The smallest absolute Gasteiger partial charge is 0.308 e. The summed E-state index contributed by atoms with van der Waals surface area (Å²) in [6, 6.07) is 18.1. The number of carbonyl (C=O) groups is 4. The highest BCUT2D eigenvalue weighted by Crippen LogP contribution is 2.36. The third-order valence-corrected chi connectivity index (χ3v) is 16.3. The van der Waals surface area contributed by atoms with Gasteiger partial charge < -0.3 is 39.4 Å². The fourth-order valence-corrected chi connectivity index (χ4v) is 11.3. The molecule has 16 heteroatoms. The van der Waals surface area contributed by atoms with E-state index in [0.717, 1.165) is 86.3 Å². The highest BCUT2D eigenvalue weighted by molar-refractivity contribution is 5.83. The maximum absolute atomic E-state index is 16.0. The first-order valence-corrected chi connectivity index (χ1v) is 30.9. The largest absolute Gasteiger partial charge is 0.481 e. The number of esters is 1. The van der Waals surface area contributed by atoms with Gasteiger partial charge in [-0.05, 0) is 243 Å². The van der Waals surface area contributed by atoms with Gasteiger partial charge in [-0.3, -0.25) is 28.8 Å². The third kappa shape index (κ3) is 19.5. The van der Waals surface area contributed by atoms with Gasteiger partial charge in [0.15, 0.2) is 0 Å². The standard InChI is InChI=1S/C37H50FN3O4.C35H46FN3O4/c1-10-45-34(43)21-31(30-20-29(18-27(7)36(30)38)35-24(4)12-11-13-25(35)5)39-37(44)32(15-14-23(2)3)41-22-28(16-17-40(8)9)26(6)19-33(41)42;1-21(2)12-13-30(39-20-26(14-15-38(7)8)24(5)17-31(39)40)35(43)37-29(19-32(41)42)28-18-27(16-25(6)34(28)36)33-22(3)10-9-11-23(33)4/h11-13,18-20,22-23,31-32H,10,14-17,21H2,1-9H3,(H,39,44);9-11,16-18,20-21,29-30H,12-15,19H2,1-8H3,(H,37,43)(H,41,42)/t31-,32?;29-,30?/m00/s1. The van der Waals surface area contributed by atoms with E-state index in [4.69, 9.17) is 4.74 Å². The number of amides is 2. The maximum Gasteiger partial charge on any atom is 0.308 e. The number of likely N-dealkylation sites (N-methyl/N-ethyl adjacent to an activating group) is 2. The van der Waals surface area contributed by atoms with Crippen LogP contribution < -0.4 is 21.8 Å². The van der Waals surface area contributed by atoms with Crippen LogP contribution in [0.15, 0.2) is 94.8 Å². The average Bonchev–Trinajstić information content (AvgIpc) is 1.89. The van der Waals surface area contributed by atoms with Crippen molar-refractivity contribution >= 4 is 23.8 Å². The Morgan fingerprint density at radius 3 is 1.23 bits per heavy atom. The van der Waals surface area contributed by atoms with Crippen molar-refractivity contribution in [3.05, 3.63) is 184 Å². The van der Waals surface area contributed by atoms with Gasteiger partial charge in [0.25, 0.3) is 11.1 Å². The molecule has 0 saturated heterocycles. The maximum atomic E-state index is 16.0. The molecule has 4 atom stereocenters. The average molecular weight is 1210 g/mol. The zero-order chi connectivity index (χ0) is 65.4. The van der Waals surface area contributed by atoms with Crippen LogP contribution in [0.2, 0.25) is 0 Å². The van der Waals surface area contributed by atoms with Gasteiger partial charge in [-0.2, -0.15) is 0 Å². The van der Waals surface area contributed by atoms with Crippen molar-refractivity contribution in [2.45, 2.75) is 166 Å². The molecule has 2 unspecified atom stereocenters. The monoisotopic (exact) mass is 1210 g/mol. The minimum Gasteiger partial charge on any atom is -0.481 e. The zero-order valence-corrected chi connectivity index (χ0v) is 55.2. The normalized spacial score (nSPS) is 12.9. The summed E-state index contributed by atoms with van der Waals surface area (Å²) < 4.78 is 39.9. The molecule has 0 aliphatic rings. The fraction of sp³-hybridized carbons (Fsp3) is 0.472.